The summed E-state index contributed by atoms with van der Waals surface area (Å²) in [5, 5.41) is 6.64. The van der Waals surface area contributed by atoms with E-state index in [0.717, 1.165) is 53.4 Å². The first-order valence-electron chi connectivity index (χ1n) is 9.64. The second-order valence-corrected chi connectivity index (χ2v) is 9.18. The molecule has 2 heterocycles. The van der Waals surface area contributed by atoms with Gasteiger partial charge in [-0.3, -0.25) is 4.79 Å². The predicted octanol–water partition coefficient (Wildman–Crippen LogP) is 5.12. The van der Waals surface area contributed by atoms with E-state index in [2.05, 4.69) is 29.1 Å². The number of aromatic nitrogens is 2. The summed E-state index contributed by atoms with van der Waals surface area (Å²) in [7, 11) is 0. The topological polar surface area (TPSA) is 72.0 Å². The molecule has 0 unspecified atom stereocenters. The van der Waals surface area contributed by atoms with Gasteiger partial charge in [0.15, 0.2) is 10.0 Å². The lowest BCUT2D eigenvalue weighted by Gasteiger charge is -2.06. The van der Waals surface area contributed by atoms with Crippen molar-refractivity contribution in [2.75, 3.05) is 6.54 Å². The first-order valence-corrected chi connectivity index (χ1v) is 11.3. The van der Waals surface area contributed by atoms with Crippen LogP contribution in [-0.4, -0.2) is 28.2 Å². The molecule has 0 aliphatic rings. The molecule has 148 valence electrons. The number of nitrogens with zero attached hydrogens (tertiary/aromatic N) is 2. The highest BCUT2D eigenvalue weighted by Crippen LogP contribution is 2.31. The molecule has 1 amide bonds. The molecule has 2 rings (SSSR count). The first kappa shape index (κ1) is 21.7. The molecule has 0 spiro atoms. The number of ketones is 1. The Balaban J connectivity index is 1.83. The van der Waals surface area contributed by atoms with E-state index in [9.17, 15) is 9.59 Å². The van der Waals surface area contributed by atoms with E-state index in [1.54, 1.807) is 35.8 Å². The maximum Gasteiger partial charge on any atom is 0.271 e. The molecule has 5 nitrogen and oxygen atoms in total. The average molecular weight is 408 g/mol. The number of amides is 1. The molecule has 0 aromatic carbocycles. The van der Waals surface area contributed by atoms with Gasteiger partial charge < -0.3 is 10.1 Å². The molecule has 2 aromatic rings. The summed E-state index contributed by atoms with van der Waals surface area (Å²) in [4.78, 5) is 33.5. The van der Waals surface area contributed by atoms with Crippen molar-refractivity contribution < 1.29 is 9.59 Å². The summed E-state index contributed by atoms with van der Waals surface area (Å²) in [5.41, 5.74) is 0.556. The van der Waals surface area contributed by atoms with Crippen LogP contribution in [0.3, 0.4) is 0 Å². The molecular weight excluding hydrogens is 378 g/mol. The van der Waals surface area contributed by atoms with Gasteiger partial charge in [-0.2, -0.15) is 0 Å². The number of Topliss-reactive ketones (excluding diaryl/α,β-unsaturated/α-hetero) is 1. The van der Waals surface area contributed by atoms with Crippen LogP contribution < -0.4 is 5.32 Å². The summed E-state index contributed by atoms with van der Waals surface area (Å²) in [6.45, 7) is 6.60. The first-order chi connectivity index (χ1) is 13.0. The monoisotopic (exact) mass is 407 g/mol. The Bertz CT molecular complexity index is 724. The summed E-state index contributed by atoms with van der Waals surface area (Å²) >= 11 is 3.12. The molecule has 7 heteroatoms. The van der Waals surface area contributed by atoms with Crippen molar-refractivity contribution in [3.63, 3.8) is 0 Å². The van der Waals surface area contributed by atoms with Gasteiger partial charge in [-0.25, -0.2) is 9.97 Å². The molecule has 0 radical (unpaired) electrons. The highest BCUT2D eigenvalue weighted by molar-refractivity contribution is 7.20. The average Bonchev–Trinajstić information content (AvgIpc) is 3.25. The van der Waals surface area contributed by atoms with Gasteiger partial charge in [0, 0.05) is 29.4 Å². The van der Waals surface area contributed by atoms with Crippen LogP contribution in [0.5, 0.6) is 0 Å². The smallest absolute Gasteiger partial charge is 0.271 e. The minimum atomic E-state index is -0.0821. The number of rotatable bonds is 12. The van der Waals surface area contributed by atoms with Gasteiger partial charge in [-0.05, 0) is 32.1 Å². The van der Waals surface area contributed by atoms with Gasteiger partial charge in [0.05, 0.1) is 0 Å². The van der Waals surface area contributed by atoms with Gasteiger partial charge in [0.25, 0.3) is 5.91 Å². The largest absolute Gasteiger partial charge is 0.351 e. The summed E-state index contributed by atoms with van der Waals surface area (Å²) in [6, 6.07) is 0. The van der Waals surface area contributed by atoms with E-state index in [1.165, 1.54) is 0 Å². The van der Waals surface area contributed by atoms with Crippen molar-refractivity contribution >= 4 is 34.4 Å². The Morgan fingerprint density at radius 1 is 1.11 bits per heavy atom. The van der Waals surface area contributed by atoms with E-state index in [1.807, 2.05) is 5.38 Å². The molecule has 0 saturated heterocycles. The minimum Gasteiger partial charge on any atom is -0.351 e. The van der Waals surface area contributed by atoms with Gasteiger partial charge >= 0.3 is 0 Å². The Morgan fingerprint density at radius 2 is 1.85 bits per heavy atom. The Hall–Kier alpha value is -1.60. The van der Waals surface area contributed by atoms with Crippen molar-refractivity contribution in [3.05, 3.63) is 22.1 Å². The fraction of sp³-hybridized carbons (Fsp3) is 0.600. The minimum absolute atomic E-state index is 0.0821. The van der Waals surface area contributed by atoms with Crippen LogP contribution in [0.4, 0.5) is 0 Å². The van der Waals surface area contributed by atoms with Crippen LogP contribution in [0.15, 0.2) is 11.6 Å². The zero-order valence-electron chi connectivity index (χ0n) is 16.4. The van der Waals surface area contributed by atoms with Crippen LogP contribution in [0.25, 0.3) is 10.0 Å². The normalized spacial score (nSPS) is 11.1. The van der Waals surface area contributed by atoms with Gasteiger partial charge in [-0.1, -0.05) is 33.1 Å². The fourth-order valence-electron chi connectivity index (χ4n) is 2.77. The lowest BCUT2D eigenvalue weighted by Crippen LogP contribution is -2.25. The van der Waals surface area contributed by atoms with Gasteiger partial charge in [-0.15, -0.1) is 22.7 Å². The predicted molar refractivity (Wildman–Crippen MR) is 112 cm³/mol. The fourth-order valence-corrected chi connectivity index (χ4v) is 4.72. The van der Waals surface area contributed by atoms with E-state index in [0.29, 0.717) is 24.6 Å². The maximum atomic E-state index is 12.6. The second-order valence-electron chi connectivity index (χ2n) is 7.20. The van der Waals surface area contributed by atoms with Crippen LogP contribution in [0.2, 0.25) is 0 Å². The Morgan fingerprint density at radius 3 is 2.52 bits per heavy atom. The summed E-state index contributed by atoms with van der Waals surface area (Å²) < 4.78 is 0. The van der Waals surface area contributed by atoms with E-state index in [-0.39, 0.29) is 11.7 Å². The molecule has 0 aliphatic carbocycles. The van der Waals surface area contributed by atoms with Gasteiger partial charge in [0.2, 0.25) is 0 Å². The third-order valence-corrected chi connectivity index (χ3v) is 6.11. The standard InChI is InChI=1S/C20H29N3O2S2/c1-14(2)13-16-17(23-20(27-16)19-22-11-12-26-19)18(25)21-10-8-6-4-5-7-9-15(3)24/h11-12,14H,4-10,13H2,1-3H3,(H,21,25). The van der Waals surface area contributed by atoms with Crippen molar-refractivity contribution in [2.24, 2.45) is 5.92 Å². The van der Waals surface area contributed by atoms with Crippen LogP contribution in [0.1, 0.15) is 74.7 Å². The lowest BCUT2D eigenvalue weighted by molar-refractivity contribution is -0.117. The number of unbranched alkanes of at least 4 members (excludes halogenated alkanes) is 4. The maximum absolute atomic E-state index is 12.6. The lowest BCUT2D eigenvalue weighted by atomic mass is 10.1. The van der Waals surface area contributed by atoms with Crippen LogP contribution in [-0.2, 0) is 11.2 Å². The quantitative estimate of drug-likeness (QED) is 0.495. The van der Waals surface area contributed by atoms with Crippen molar-refractivity contribution in [1.29, 1.82) is 0 Å². The number of hydrogen-bond donors (Lipinski definition) is 1. The van der Waals surface area contributed by atoms with E-state index < -0.39 is 0 Å². The number of carbonyl (C=O) groups is 2. The highest BCUT2D eigenvalue weighted by Gasteiger charge is 2.20. The Labute approximate surface area is 169 Å². The summed E-state index contributed by atoms with van der Waals surface area (Å²) in [5.74, 6) is 0.650. The third kappa shape index (κ3) is 7.50. The molecule has 0 fully saturated rings. The van der Waals surface area contributed by atoms with Crippen molar-refractivity contribution in [3.8, 4) is 10.0 Å². The third-order valence-electron chi connectivity index (χ3n) is 4.11. The van der Waals surface area contributed by atoms with E-state index >= 15 is 0 Å². The number of carbonyl (C=O) groups excluding carboxylic acids is 2. The number of nitrogens with one attached hydrogen (secondary N) is 1. The molecule has 2 aromatic heterocycles. The number of hydrogen-bond acceptors (Lipinski definition) is 6. The highest BCUT2D eigenvalue weighted by atomic mass is 32.1. The molecule has 0 aliphatic heterocycles. The zero-order valence-corrected chi connectivity index (χ0v) is 18.0. The van der Waals surface area contributed by atoms with Crippen LogP contribution >= 0.6 is 22.7 Å². The van der Waals surface area contributed by atoms with Gasteiger partial charge in [0.1, 0.15) is 11.5 Å². The molecular formula is C20H29N3O2S2. The second kappa shape index (κ2) is 11.3. The van der Waals surface area contributed by atoms with E-state index in [4.69, 9.17) is 0 Å². The molecule has 1 N–H and O–H groups in total. The molecule has 0 saturated carbocycles. The van der Waals surface area contributed by atoms with Crippen molar-refractivity contribution in [2.45, 2.75) is 65.7 Å². The molecule has 0 bridgehead atoms. The number of thiazole rings is 2. The molecule has 27 heavy (non-hydrogen) atoms. The Kier molecular flexibility index (Phi) is 9.07. The van der Waals surface area contributed by atoms with Crippen LogP contribution in [0, 0.1) is 5.92 Å². The SMILES string of the molecule is CC(=O)CCCCCCCNC(=O)c1nc(-c2nccs2)sc1CC(C)C. The molecule has 0 atom stereocenters. The van der Waals surface area contributed by atoms with Crippen molar-refractivity contribution in [1.82, 2.24) is 15.3 Å². The summed E-state index contributed by atoms with van der Waals surface area (Å²) in [6.07, 6.45) is 8.47. The zero-order chi connectivity index (χ0) is 19.6.